The quantitative estimate of drug-likeness (QED) is 0.122. The molecule has 0 N–H and O–H groups in total. The first-order valence-electron chi connectivity index (χ1n) is 12.7. The lowest BCUT2D eigenvalue weighted by atomic mass is 9.88. The molecule has 0 saturated heterocycles. The minimum Gasteiger partial charge on any atom is -0.496 e. The van der Waals surface area contributed by atoms with E-state index in [2.05, 4.69) is 37.8 Å². The fraction of sp³-hybridized carbons (Fsp3) is 0.433. The lowest BCUT2D eigenvalue weighted by Gasteiger charge is -2.30. The Morgan fingerprint density at radius 1 is 1.05 bits per heavy atom. The van der Waals surface area contributed by atoms with Crippen LogP contribution in [0.5, 0.6) is 11.5 Å². The number of unbranched alkanes of at least 4 members (excludes halogenated alkanes) is 2. The van der Waals surface area contributed by atoms with E-state index in [1.54, 1.807) is 24.5 Å². The highest BCUT2D eigenvalue weighted by Gasteiger charge is 2.41. The molecule has 1 aromatic heterocycles. The van der Waals surface area contributed by atoms with E-state index in [9.17, 15) is 18.0 Å². The van der Waals surface area contributed by atoms with Crippen molar-refractivity contribution in [2.75, 3.05) is 20.3 Å². The molecule has 0 amide bonds. The molecule has 206 valence electrons. The average molecular weight is 549 g/mol. The van der Waals surface area contributed by atoms with Gasteiger partial charge in [-0.2, -0.15) is 13.2 Å². The Morgan fingerprint density at radius 2 is 1.82 bits per heavy atom. The Kier molecular flexibility index (Phi) is 9.88. The van der Waals surface area contributed by atoms with Crippen molar-refractivity contribution in [3.8, 4) is 21.9 Å². The van der Waals surface area contributed by atoms with Crippen molar-refractivity contribution < 1.29 is 32.2 Å². The standard InChI is InChI=1S/C30H35F3O4S/c1-6-7-8-9-21-10-13-24(25(14-21)35-5)27-15-22-11-12-23(16-26(22)38-27)36-18-29(4,17-30(31,32)33)19-37-28(34)20(2)3/h10-16H,2,6-9,17-19H2,1,3-5H3. The number of methoxy groups -OCH3 is 1. The van der Waals surface area contributed by atoms with Gasteiger partial charge < -0.3 is 14.2 Å². The van der Waals surface area contributed by atoms with Crippen molar-refractivity contribution in [3.63, 3.8) is 0 Å². The largest absolute Gasteiger partial charge is 0.496 e. The molecule has 2 aromatic carbocycles. The molecule has 0 aliphatic heterocycles. The fourth-order valence-corrected chi connectivity index (χ4v) is 5.28. The number of carbonyl (C=O) groups is 1. The van der Waals surface area contributed by atoms with Gasteiger partial charge in [0.15, 0.2) is 0 Å². The zero-order valence-corrected chi connectivity index (χ0v) is 23.2. The van der Waals surface area contributed by atoms with Crippen molar-refractivity contribution in [1.82, 2.24) is 0 Å². The van der Waals surface area contributed by atoms with Gasteiger partial charge in [0.25, 0.3) is 0 Å². The molecule has 1 atom stereocenters. The topological polar surface area (TPSA) is 44.8 Å². The molecule has 0 radical (unpaired) electrons. The van der Waals surface area contributed by atoms with E-state index < -0.39 is 30.6 Å². The summed E-state index contributed by atoms with van der Waals surface area (Å²) in [5.74, 6) is 0.536. The summed E-state index contributed by atoms with van der Waals surface area (Å²) < 4.78 is 57.3. The Labute approximate surface area is 226 Å². The Hall–Kier alpha value is -3.00. The number of thiophene rings is 1. The van der Waals surface area contributed by atoms with Crippen LogP contribution in [-0.4, -0.2) is 32.5 Å². The normalized spacial score (nSPS) is 13.2. The number of rotatable bonds is 13. The van der Waals surface area contributed by atoms with E-state index in [0.29, 0.717) is 5.75 Å². The zero-order chi connectivity index (χ0) is 27.9. The number of benzene rings is 2. The van der Waals surface area contributed by atoms with E-state index in [-0.39, 0.29) is 12.2 Å². The van der Waals surface area contributed by atoms with Gasteiger partial charge in [-0.05, 0) is 67.1 Å². The zero-order valence-electron chi connectivity index (χ0n) is 22.4. The highest BCUT2D eigenvalue weighted by atomic mass is 32.1. The summed E-state index contributed by atoms with van der Waals surface area (Å²) in [7, 11) is 1.67. The number of hydrogen-bond donors (Lipinski definition) is 0. The Morgan fingerprint density at radius 3 is 2.47 bits per heavy atom. The maximum absolute atomic E-state index is 13.3. The summed E-state index contributed by atoms with van der Waals surface area (Å²) in [5.41, 5.74) is 0.909. The third kappa shape index (κ3) is 8.25. The van der Waals surface area contributed by atoms with E-state index >= 15 is 0 Å². The molecule has 0 aliphatic carbocycles. The number of halogens is 3. The van der Waals surface area contributed by atoms with Gasteiger partial charge >= 0.3 is 12.1 Å². The van der Waals surface area contributed by atoms with E-state index in [1.165, 1.54) is 32.3 Å². The number of fused-ring (bicyclic) bond motifs is 1. The Balaban J connectivity index is 1.78. The predicted octanol–water partition coefficient (Wildman–Crippen LogP) is 8.77. The number of alkyl halides is 3. The molecule has 0 bridgehead atoms. The van der Waals surface area contributed by atoms with Gasteiger partial charge in [0.1, 0.15) is 18.1 Å². The lowest BCUT2D eigenvalue weighted by molar-refractivity contribution is -0.173. The maximum atomic E-state index is 13.3. The summed E-state index contributed by atoms with van der Waals surface area (Å²) in [4.78, 5) is 12.8. The fourth-order valence-electron chi connectivity index (χ4n) is 4.16. The smallest absolute Gasteiger partial charge is 0.389 e. The number of aryl methyl sites for hydroxylation is 1. The minimum atomic E-state index is -4.44. The van der Waals surface area contributed by atoms with Gasteiger partial charge in [0, 0.05) is 26.1 Å². The van der Waals surface area contributed by atoms with Gasteiger partial charge in [0.2, 0.25) is 0 Å². The molecule has 0 saturated carbocycles. The molecular weight excluding hydrogens is 513 g/mol. The molecule has 0 fully saturated rings. The minimum absolute atomic E-state index is 0.127. The highest BCUT2D eigenvalue weighted by Crippen LogP contribution is 2.40. The van der Waals surface area contributed by atoms with Crippen molar-refractivity contribution >= 4 is 27.4 Å². The van der Waals surface area contributed by atoms with E-state index in [4.69, 9.17) is 14.2 Å². The summed E-state index contributed by atoms with van der Waals surface area (Å²) >= 11 is 1.56. The first-order valence-corrected chi connectivity index (χ1v) is 13.5. The van der Waals surface area contributed by atoms with Crippen LogP contribution in [0.1, 0.15) is 52.0 Å². The van der Waals surface area contributed by atoms with Crippen LogP contribution < -0.4 is 9.47 Å². The second-order valence-electron chi connectivity index (χ2n) is 10.0. The molecule has 3 rings (SSSR count). The van der Waals surface area contributed by atoms with Crippen LogP contribution in [0.25, 0.3) is 20.5 Å². The second kappa shape index (κ2) is 12.7. The van der Waals surface area contributed by atoms with Crippen LogP contribution >= 0.6 is 11.3 Å². The molecule has 0 aliphatic rings. The predicted molar refractivity (Wildman–Crippen MR) is 147 cm³/mol. The third-order valence-electron chi connectivity index (χ3n) is 6.21. The van der Waals surface area contributed by atoms with Gasteiger partial charge in [-0.15, -0.1) is 11.3 Å². The molecule has 3 aromatic rings. The second-order valence-corrected chi connectivity index (χ2v) is 11.1. The number of hydrogen-bond acceptors (Lipinski definition) is 5. The van der Waals surface area contributed by atoms with Crippen LogP contribution in [0.3, 0.4) is 0 Å². The van der Waals surface area contributed by atoms with Gasteiger partial charge in [0.05, 0.1) is 20.1 Å². The summed E-state index contributed by atoms with van der Waals surface area (Å²) in [6, 6.07) is 13.8. The number of esters is 1. The van der Waals surface area contributed by atoms with E-state index in [1.807, 2.05) is 12.1 Å². The Bertz CT molecular complexity index is 1260. The summed E-state index contributed by atoms with van der Waals surface area (Å²) in [6.07, 6.45) is -1.07. The van der Waals surface area contributed by atoms with Crippen molar-refractivity contribution in [2.45, 2.75) is 59.1 Å². The number of ether oxygens (including phenoxy) is 3. The van der Waals surface area contributed by atoms with Crippen LogP contribution in [0, 0.1) is 5.41 Å². The molecule has 38 heavy (non-hydrogen) atoms. The van der Waals surface area contributed by atoms with Gasteiger partial charge in [-0.1, -0.05) is 39.3 Å². The summed E-state index contributed by atoms with van der Waals surface area (Å²) in [5, 5.41) is 1.000. The third-order valence-corrected chi connectivity index (χ3v) is 7.34. The molecular formula is C30H35F3O4S. The van der Waals surface area contributed by atoms with Crippen molar-refractivity contribution in [3.05, 3.63) is 60.2 Å². The average Bonchev–Trinajstić information content (AvgIpc) is 3.28. The van der Waals surface area contributed by atoms with Crippen LogP contribution in [0.4, 0.5) is 13.2 Å². The molecule has 1 heterocycles. The maximum Gasteiger partial charge on any atom is 0.389 e. The van der Waals surface area contributed by atoms with Gasteiger partial charge in [-0.3, -0.25) is 0 Å². The number of carbonyl (C=O) groups excluding carboxylic acids is 1. The van der Waals surface area contributed by atoms with Crippen molar-refractivity contribution in [1.29, 1.82) is 0 Å². The van der Waals surface area contributed by atoms with Gasteiger partial charge in [-0.25, -0.2) is 4.79 Å². The molecule has 0 spiro atoms. The van der Waals surface area contributed by atoms with Crippen LogP contribution in [0.2, 0.25) is 0 Å². The molecule has 1 unspecified atom stereocenters. The van der Waals surface area contributed by atoms with Crippen LogP contribution in [0.15, 0.2) is 54.6 Å². The molecule has 4 nitrogen and oxygen atoms in total. The highest BCUT2D eigenvalue weighted by molar-refractivity contribution is 7.22. The van der Waals surface area contributed by atoms with Crippen molar-refractivity contribution in [2.24, 2.45) is 5.41 Å². The SMILES string of the molecule is C=C(C)C(=O)OCC(C)(COc1ccc2cc(-c3ccc(CCCCC)cc3OC)sc2c1)CC(F)(F)F. The summed E-state index contributed by atoms with van der Waals surface area (Å²) in [6.45, 7) is 7.79. The lowest BCUT2D eigenvalue weighted by Crippen LogP contribution is -2.36. The monoisotopic (exact) mass is 548 g/mol. The first-order chi connectivity index (χ1) is 17.9. The first kappa shape index (κ1) is 29.6. The molecule has 8 heteroatoms. The van der Waals surface area contributed by atoms with Crippen LogP contribution in [-0.2, 0) is 16.0 Å². The van der Waals surface area contributed by atoms with E-state index in [0.717, 1.165) is 39.1 Å².